The molecule has 2 fully saturated rings. The van der Waals surface area contributed by atoms with Crippen LogP contribution in [0.4, 0.5) is 0 Å². The van der Waals surface area contributed by atoms with Crippen LogP contribution in [-0.2, 0) is 5.88 Å². The minimum Gasteiger partial charge on any atom is -0.349 e. The van der Waals surface area contributed by atoms with Crippen molar-refractivity contribution in [1.82, 2.24) is 10.2 Å². The average Bonchev–Trinajstić information content (AvgIpc) is 3.33. The fourth-order valence-corrected chi connectivity index (χ4v) is 3.04. The van der Waals surface area contributed by atoms with Gasteiger partial charge in [-0.3, -0.25) is 4.79 Å². The van der Waals surface area contributed by atoms with Gasteiger partial charge < -0.3 is 10.2 Å². The highest BCUT2D eigenvalue weighted by Gasteiger charge is 2.32. The van der Waals surface area contributed by atoms with Crippen molar-refractivity contribution < 1.29 is 4.79 Å². The van der Waals surface area contributed by atoms with E-state index in [1.807, 2.05) is 24.3 Å². The second kappa shape index (κ2) is 6.15. The van der Waals surface area contributed by atoms with E-state index in [-0.39, 0.29) is 5.91 Å². The number of rotatable bonds is 4. The molecule has 1 saturated carbocycles. The van der Waals surface area contributed by atoms with Gasteiger partial charge in [-0.05, 0) is 43.4 Å². The zero-order valence-corrected chi connectivity index (χ0v) is 12.4. The van der Waals surface area contributed by atoms with Crippen molar-refractivity contribution in [2.45, 2.75) is 43.6 Å². The maximum Gasteiger partial charge on any atom is 0.251 e. The molecule has 1 aromatic rings. The lowest BCUT2D eigenvalue weighted by molar-refractivity contribution is 0.0909. The van der Waals surface area contributed by atoms with E-state index in [1.54, 1.807) is 0 Å². The van der Waals surface area contributed by atoms with Gasteiger partial charge in [0.15, 0.2) is 0 Å². The van der Waals surface area contributed by atoms with Crippen LogP contribution in [-0.4, -0.2) is 36.0 Å². The Morgan fingerprint density at radius 1 is 1.15 bits per heavy atom. The summed E-state index contributed by atoms with van der Waals surface area (Å²) in [5.41, 5.74) is 1.77. The lowest BCUT2D eigenvalue weighted by Crippen LogP contribution is -2.45. The first kappa shape index (κ1) is 13.9. The number of nitrogens with zero attached hydrogens (tertiary/aromatic N) is 1. The van der Waals surface area contributed by atoms with Crippen LogP contribution in [0.15, 0.2) is 24.3 Å². The molecule has 4 heteroatoms. The molecule has 2 aliphatic rings. The quantitative estimate of drug-likeness (QED) is 0.866. The van der Waals surface area contributed by atoms with Gasteiger partial charge in [-0.25, -0.2) is 0 Å². The Morgan fingerprint density at radius 3 is 2.35 bits per heavy atom. The molecule has 108 valence electrons. The van der Waals surface area contributed by atoms with E-state index in [1.165, 1.54) is 12.8 Å². The fourth-order valence-electron chi connectivity index (χ4n) is 2.86. The summed E-state index contributed by atoms with van der Waals surface area (Å²) in [6.45, 7) is 2.25. The van der Waals surface area contributed by atoms with Crippen LogP contribution in [0.25, 0.3) is 0 Å². The number of amides is 1. The highest BCUT2D eigenvalue weighted by molar-refractivity contribution is 6.17. The van der Waals surface area contributed by atoms with Gasteiger partial charge in [-0.2, -0.15) is 0 Å². The number of carbonyl (C=O) groups is 1. The number of piperidine rings is 1. The Hall–Kier alpha value is -1.06. The molecule has 20 heavy (non-hydrogen) atoms. The number of nitrogens with one attached hydrogen (secondary N) is 1. The number of halogens is 1. The molecule has 1 heterocycles. The number of hydrogen-bond donors (Lipinski definition) is 1. The molecule has 0 aromatic heterocycles. The van der Waals surface area contributed by atoms with E-state index >= 15 is 0 Å². The third-order valence-corrected chi connectivity index (χ3v) is 4.61. The van der Waals surface area contributed by atoms with Gasteiger partial charge in [0.1, 0.15) is 0 Å². The first-order chi connectivity index (χ1) is 9.76. The molecular weight excluding hydrogens is 272 g/mol. The number of benzene rings is 1. The SMILES string of the molecule is O=C(NC1CCN(C2CC2)CC1)c1ccc(CCl)cc1. The van der Waals surface area contributed by atoms with Crippen LogP contribution in [0.2, 0.25) is 0 Å². The van der Waals surface area contributed by atoms with Gasteiger partial charge in [0.05, 0.1) is 0 Å². The van der Waals surface area contributed by atoms with E-state index in [0.29, 0.717) is 11.9 Å². The van der Waals surface area contributed by atoms with Gasteiger partial charge in [0.2, 0.25) is 0 Å². The van der Waals surface area contributed by atoms with Crippen LogP contribution in [0, 0.1) is 0 Å². The zero-order chi connectivity index (χ0) is 13.9. The summed E-state index contributed by atoms with van der Waals surface area (Å²) in [6, 6.07) is 8.70. The molecule has 1 N–H and O–H groups in total. The van der Waals surface area contributed by atoms with Gasteiger partial charge in [0, 0.05) is 36.6 Å². The van der Waals surface area contributed by atoms with Crippen LogP contribution in [0.1, 0.15) is 41.6 Å². The maximum absolute atomic E-state index is 12.2. The van der Waals surface area contributed by atoms with Crippen LogP contribution < -0.4 is 5.32 Å². The predicted molar refractivity (Wildman–Crippen MR) is 81.1 cm³/mol. The van der Waals surface area contributed by atoms with Crippen molar-refractivity contribution >= 4 is 17.5 Å². The van der Waals surface area contributed by atoms with Crippen molar-refractivity contribution in [3.05, 3.63) is 35.4 Å². The van der Waals surface area contributed by atoms with Crippen LogP contribution in [0.5, 0.6) is 0 Å². The summed E-state index contributed by atoms with van der Waals surface area (Å²) in [7, 11) is 0. The standard InChI is InChI=1S/C16H21ClN2O/c17-11-12-1-3-13(4-2-12)16(20)18-14-7-9-19(10-8-14)15-5-6-15/h1-4,14-15H,5-11H2,(H,18,20). The second-order valence-corrected chi connectivity index (χ2v) is 6.11. The normalized spacial score (nSPS) is 20.9. The molecule has 3 rings (SSSR count). The third kappa shape index (κ3) is 3.33. The van der Waals surface area contributed by atoms with Gasteiger partial charge >= 0.3 is 0 Å². The van der Waals surface area contributed by atoms with Crippen molar-refractivity contribution in [2.24, 2.45) is 0 Å². The Balaban J connectivity index is 1.50. The van der Waals surface area contributed by atoms with Gasteiger partial charge in [0.25, 0.3) is 5.91 Å². The van der Waals surface area contributed by atoms with E-state index in [2.05, 4.69) is 10.2 Å². The fraction of sp³-hybridized carbons (Fsp3) is 0.562. The lowest BCUT2D eigenvalue weighted by Gasteiger charge is -2.32. The highest BCUT2D eigenvalue weighted by atomic mass is 35.5. The van der Waals surface area contributed by atoms with Crippen LogP contribution in [0.3, 0.4) is 0 Å². The first-order valence-electron chi connectivity index (χ1n) is 7.46. The Labute approximate surface area is 125 Å². The lowest BCUT2D eigenvalue weighted by atomic mass is 10.0. The molecule has 1 aliphatic carbocycles. The van der Waals surface area contributed by atoms with E-state index in [9.17, 15) is 4.79 Å². The molecule has 0 atom stereocenters. The van der Waals surface area contributed by atoms with E-state index in [4.69, 9.17) is 11.6 Å². The summed E-state index contributed by atoms with van der Waals surface area (Å²) in [5.74, 6) is 0.526. The number of likely N-dealkylation sites (tertiary alicyclic amines) is 1. The Morgan fingerprint density at radius 2 is 1.80 bits per heavy atom. The molecule has 0 bridgehead atoms. The second-order valence-electron chi connectivity index (χ2n) is 5.85. The van der Waals surface area contributed by atoms with Gasteiger partial charge in [-0.1, -0.05) is 12.1 Å². The Kier molecular flexibility index (Phi) is 4.27. The molecule has 0 spiro atoms. The number of hydrogen-bond acceptors (Lipinski definition) is 2. The summed E-state index contributed by atoms with van der Waals surface area (Å²) >= 11 is 5.75. The van der Waals surface area contributed by atoms with Crippen molar-refractivity contribution in [1.29, 1.82) is 0 Å². The molecule has 1 aromatic carbocycles. The van der Waals surface area contributed by atoms with E-state index < -0.39 is 0 Å². The zero-order valence-electron chi connectivity index (χ0n) is 11.6. The predicted octanol–water partition coefficient (Wildman–Crippen LogP) is 2.78. The minimum absolute atomic E-state index is 0.0380. The summed E-state index contributed by atoms with van der Waals surface area (Å²) in [4.78, 5) is 14.7. The largest absolute Gasteiger partial charge is 0.349 e. The monoisotopic (exact) mass is 292 g/mol. The molecule has 0 unspecified atom stereocenters. The Bertz CT molecular complexity index is 462. The van der Waals surface area contributed by atoms with E-state index in [0.717, 1.165) is 43.1 Å². The maximum atomic E-state index is 12.2. The summed E-state index contributed by atoms with van der Waals surface area (Å²) in [6.07, 6.45) is 4.87. The molecular formula is C16H21ClN2O. The summed E-state index contributed by atoms with van der Waals surface area (Å²) < 4.78 is 0. The molecule has 1 amide bonds. The first-order valence-corrected chi connectivity index (χ1v) is 7.99. The third-order valence-electron chi connectivity index (χ3n) is 4.30. The smallest absolute Gasteiger partial charge is 0.251 e. The molecule has 3 nitrogen and oxygen atoms in total. The van der Waals surface area contributed by atoms with Gasteiger partial charge in [-0.15, -0.1) is 11.6 Å². The van der Waals surface area contributed by atoms with Crippen LogP contribution >= 0.6 is 11.6 Å². The molecule has 0 radical (unpaired) electrons. The summed E-state index contributed by atoms with van der Waals surface area (Å²) in [5, 5.41) is 3.15. The number of alkyl halides is 1. The van der Waals surface area contributed by atoms with Crippen molar-refractivity contribution in [3.63, 3.8) is 0 Å². The number of carbonyl (C=O) groups excluding carboxylic acids is 1. The minimum atomic E-state index is 0.0380. The molecule has 1 saturated heterocycles. The highest BCUT2D eigenvalue weighted by Crippen LogP contribution is 2.29. The van der Waals surface area contributed by atoms with Crippen molar-refractivity contribution in [2.75, 3.05) is 13.1 Å². The molecule has 1 aliphatic heterocycles. The van der Waals surface area contributed by atoms with Crippen molar-refractivity contribution in [3.8, 4) is 0 Å². The average molecular weight is 293 g/mol. The topological polar surface area (TPSA) is 32.3 Å².